The van der Waals surface area contributed by atoms with Crippen LogP contribution in [0.2, 0.25) is 0 Å². The molecule has 0 aromatic heterocycles. The summed E-state index contributed by atoms with van der Waals surface area (Å²) in [5, 5.41) is 2.78. The molecule has 3 N–H and O–H groups in total. The van der Waals surface area contributed by atoms with Gasteiger partial charge in [-0.1, -0.05) is 18.2 Å². The van der Waals surface area contributed by atoms with Crippen LogP contribution in [0.5, 0.6) is 0 Å². The van der Waals surface area contributed by atoms with Crippen LogP contribution in [0.3, 0.4) is 0 Å². The first-order valence-corrected chi connectivity index (χ1v) is 5.52. The molecule has 4 nitrogen and oxygen atoms in total. The van der Waals surface area contributed by atoms with Crippen molar-refractivity contribution < 1.29 is 9.59 Å². The predicted molar refractivity (Wildman–Crippen MR) is 66.3 cm³/mol. The molecule has 0 bridgehead atoms. The summed E-state index contributed by atoms with van der Waals surface area (Å²) >= 11 is 0. The third-order valence-electron chi connectivity index (χ3n) is 2.18. The van der Waals surface area contributed by atoms with E-state index in [1.54, 1.807) is 30.7 Å². The summed E-state index contributed by atoms with van der Waals surface area (Å²) < 4.78 is 0. The summed E-state index contributed by atoms with van der Waals surface area (Å²) in [6.45, 7) is 3.80. The molecule has 0 aliphatic carbocycles. The zero-order valence-corrected chi connectivity index (χ0v) is 10.1. The number of benzene rings is 1. The zero-order valence-electron chi connectivity index (χ0n) is 10.1. The Morgan fingerprint density at radius 3 is 2.59 bits per heavy atom. The lowest BCUT2D eigenvalue weighted by atomic mass is 10.0. The highest BCUT2D eigenvalue weighted by atomic mass is 16.2. The van der Waals surface area contributed by atoms with E-state index in [1.807, 2.05) is 13.8 Å². The number of hydrogen-bond donors (Lipinski definition) is 2. The van der Waals surface area contributed by atoms with Crippen molar-refractivity contribution >= 4 is 11.8 Å². The maximum atomic E-state index is 11.4. The molecule has 0 aliphatic heterocycles. The Kier molecular flexibility index (Phi) is 4.69. The minimum absolute atomic E-state index is 0.0701. The van der Waals surface area contributed by atoms with Gasteiger partial charge in [0.25, 0.3) is 0 Å². The second-order valence-electron chi connectivity index (χ2n) is 4.08. The predicted octanol–water partition coefficient (Wildman–Crippen LogP) is 1.25. The second-order valence-corrected chi connectivity index (χ2v) is 4.08. The van der Waals surface area contributed by atoms with E-state index in [0.29, 0.717) is 11.1 Å². The summed E-state index contributed by atoms with van der Waals surface area (Å²) in [6.07, 6.45) is 1.94. The molecule has 17 heavy (non-hydrogen) atoms. The number of hydrogen-bond acceptors (Lipinski definition) is 2. The standard InChI is InChI=1S/C13H17N2O2/c1-9(2)15-12(16)8-7-10-5-3-4-6-11(10)13(14)17/h3-7,9H,8H2,1-2H3,(H2,14,17)(H,15,16). The third-order valence-corrected chi connectivity index (χ3v) is 2.18. The molecule has 0 atom stereocenters. The topological polar surface area (TPSA) is 72.2 Å². The van der Waals surface area contributed by atoms with Crippen molar-refractivity contribution in [1.29, 1.82) is 0 Å². The van der Waals surface area contributed by atoms with Crippen LogP contribution in [-0.4, -0.2) is 17.9 Å². The van der Waals surface area contributed by atoms with Crippen molar-refractivity contribution in [1.82, 2.24) is 5.32 Å². The van der Waals surface area contributed by atoms with Crippen LogP contribution in [0.1, 0.15) is 36.2 Å². The Hall–Kier alpha value is -1.84. The Morgan fingerprint density at radius 2 is 2.00 bits per heavy atom. The highest BCUT2D eigenvalue weighted by molar-refractivity contribution is 5.95. The lowest BCUT2D eigenvalue weighted by Crippen LogP contribution is -2.30. The first-order chi connectivity index (χ1) is 8.00. The van der Waals surface area contributed by atoms with Crippen molar-refractivity contribution in [2.45, 2.75) is 26.3 Å². The van der Waals surface area contributed by atoms with Crippen molar-refractivity contribution in [2.75, 3.05) is 0 Å². The molecule has 0 spiro atoms. The molecule has 0 unspecified atom stereocenters. The number of carbonyl (C=O) groups excluding carboxylic acids is 2. The van der Waals surface area contributed by atoms with Gasteiger partial charge in [-0.2, -0.15) is 0 Å². The van der Waals surface area contributed by atoms with Crippen LogP contribution in [0.15, 0.2) is 24.3 Å². The van der Waals surface area contributed by atoms with E-state index < -0.39 is 5.91 Å². The third kappa shape index (κ3) is 4.26. The fraction of sp³-hybridized carbons (Fsp3) is 0.308. The average Bonchev–Trinajstić information content (AvgIpc) is 2.25. The lowest BCUT2D eigenvalue weighted by molar-refractivity contribution is -0.120. The molecule has 91 valence electrons. The molecule has 0 heterocycles. The number of nitrogens with two attached hydrogens (primary N) is 1. The van der Waals surface area contributed by atoms with Crippen LogP contribution >= 0.6 is 0 Å². The molecule has 1 aromatic rings. The Morgan fingerprint density at radius 1 is 1.35 bits per heavy atom. The van der Waals surface area contributed by atoms with Crippen molar-refractivity contribution in [2.24, 2.45) is 5.73 Å². The molecular weight excluding hydrogens is 216 g/mol. The van der Waals surface area contributed by atoms with Crippen molar-refractivity contribution in [3.8, 4) is 0 Å². The zero-order chi connectivity index (χ0) is 12.8. The normalized spacial score (nSPS) is 10.3. The largest absolute Gasteiger partial charge is 0.366 e. The average molecular weight is 233 g/mol. The van der Waals surface area contributed by atoms with Gasteiger partial charge in [0.2, 0.25) is 11.8 Å². The summed E-state index contributed by atoms with van der Waals surface area (Å²) in [5.74, 6) is -0.555. The van der Waals surface area contributed by atoms with Gasteiger partial charge in [0.15, 0.2) is 0 Å². The van der Waals surface area contributed by atoms with Gasteiger partial charge in [0, 0.05) is 24.4 Å². The van der Waals surface area contributed by atoms with Crippen LogP contribution < -0.4 is 11.1 Å². The van der Waals surface area contributed by atoms with Gasteiger partial charge < -0.3 is 11.1 Å². The van der Waals surface area contributed by atoms with E-state index in [2.05, 4.69) is 5.32 Å². The SMILES string of the molecule is CC(C)NC(=O)C[CH]c1ccccc1C(N)=O. The molecule has 4 heteroatoms. The molecule has 1 rings (SSSR count). The minimum Gasteiger partial charge on any atom is -0.366 e. The summed E-state index contributed by atoms with van der Waals surface area (Å²) in [4.78, 5) is 22.6. The van der Waals surface area contributed by atoms with E-state index >= 15 is 0 Å². The number of amides is 2. The molecule has 0 fully saturated rings. The van der Waals surface area contributed by atoms with E-state index in [0.717, 1.165) is 0 Å². The fourth-order valence-electron chi connectivity index (χ4n) is 1.48. The van der Waals surface area contributed by atoms with Gasteiger partial charge in [0.05, 0.1) is 0 Å². The van der Waals surface area contributed by atoms with Crippen LogP contribution in [0, 0.1) is 6.42 Å². The summed E-state index contributed by atoms with van der Waals surface area (Å²) in [5.41, 5.74) is 6.37. The van der Waals surface area contributed by atoms with Gasteiger partial charge in [0.1, 0.15) is 0 Å². The van der Waals surface area contributed by atoms with Gasteiger partial charge in [-0.3, -0.25) is 9.59 Å². The monoisotopic (exact) mass is 233 g/mol. The van der Waals surface area contributed by atoms with Gasteiger partial charge in [-0.05, 0) is 25.5 Å². The van der Waals surface area contributed by atoms with E-state index in [1.165, 1.54) is 0 Å². The molecule has 1 radical (unpaired) electrons. The minimum atomic E-state index is -0.485. The summed E-state index contributed by atoms with van der Waals surface area (Å²) in [7, 11) is 0. The van der Waals surface area contributed by atoms with Gasteiger partial charge in [-0.25, -0.2) is 0 Å². The first kappa shape index (κ1) is 13.2. The first-order valence-electron chi connectivity index (χ1n) is 5.52. The molecule has 2 amide bonds. The van der Waals surface area contributed by atoms with E-state index in [9.17, 15) is 9.59 Å². The van der Waals surface area contributed by atoms with Crippen molar-refractivity contribution in [3.63, 3.8) is 0 Å². The number of rotatable bonds is 5. The molecule has 0 saturated carbocycles. The Labute approximate surface area is 101 Å². The van der Waals surface area contributed by atoms with Gasteiger partial charge >= 0.3 is 0 Å². The Bertz CT molecular complexity index is 414. The number of carbonyl (C=O) groups is 2. The molecule has 0 aliphatic rings. The molecule has 1 aromatic carbocycles. The van der Waals surface area contributed by atoms with Crippen LogP contribution in [0.4, 0.5) is 0 Å². The number of nitrogens with one attached hydrogen (secondary N) is 1. The lowest BCUT2D eigenvalue weighted by Gasteiger charge is -2.09. The van der Waals surface area contributed by atoms with Crippen molar-refractivity contribution in [3.05, 3.63) is 41.8 Å². The Balaban J connectivity index is 2.63. The maximum Gasteiger partial charge on any atom is 0.248 e. The number of primary amides is 1. The highest BCUT2D eigenvalue weighted by Gasteiger charge is 2.09. The second kappa shape index (κ2) is 6.03. The van der Waals surface area contributed by atoms with Crippen LogP contribution in [0.25, 0.3) is 0 Å². The smallest absolute Gasteiger partial charge is 0.248 e. The van der Waals surface area contributed by atoms with E-state index in [4.69, 9.17) is 5.73 Å². The molecule has 0 saturated heterocycles. The van der Waals surface area contributed by atoms with Gasteiger partial charge in [-0.15, -0.1) is 0 Å². The molecular formula is C13H17N2O2. The quantitative estimate of drug-likeness (QED) is 0.803. The highest BCUT2D eigenvalue weighted by Crippen LogP contribution is 2.12. The van der Waals surface area contributed by atoms with E-state index in [-0.39, 0.29) is 18.4 Å². The van der Waals surface area contributed by atoms with Crippen LogP contribution in [-0.2, 0) is 4.79 Å². The summed E-state index contributed by atoms with van der Waals surface area (Å²) in [6, 6.07) is 7.07. The fourth-order valence-corrected chi connectivity index (χ4v) is 1.48. The maximum absolute atomic E-state index is 11.4.